The maximum absolute atomic E-state index is 11.5. The molecule has 1 aromatic carbocycles. The summed E-state index contributed by atoms with van der Waals surface area (Å²) in [5, 5.41) is 13.4. The molecule has 1 aromatic rings. The molecule has 0 unspecified atom stereocenters. The number of amides is 2. The van der Waals surface area contributed by atoms with Crippen molar-refractivity contribution >= 4 is 11.8 Å². The summed E-state index contributed by atoms with van der Waals surface area (Å²) in [5.41, 5.74) is 2.07. The summed E-state index contributed by atoms with van der Waals surface area (Å²) in [6.45, 7) is 2.94. The zero-order valence-corrected chi connectivity index (χ0v) is 11.5. The summed E-state index contributed by atoms with van der Waals surface area (Å²) in [6, 6.07) is 7.69. The molecule has 3 N–H and O–H groups in total. The molecule has 0 aliphatic rings. The van der Waals surface area contributed by atoms with Gasteiger partial charge in [-0.3, -0.25) is 9.59 Å². The van der Waals surface area contributed by atoms with Crippen LogP contribution in [0.3, 0.4) is 0 Å². The van der Waals surface area contributed by atoms with Gasteiger partial charge in [0.2, 0.25) is 0 Å². The Morgan fingerprint density at radius 3 is 2.40 bits per heavy atom. The summed E-state index contributed by atoms with van der Waals surface area (Å²) < 4.78 is 4.96. The largest absolute Gasteiger partial charge is 0.394 e. The molecule has 0 spiro atoms. The molecular weight excluding hydrogens is 260 g/mol. The lowest BCUT2D eigenvalue weighted by atomic mass is 10.1. The molecular formula is C14H20N2O4. The number of carbonyl (C=O) groups is 2. The van der Waals surface area contributed by atoms with E-state index in [9.17, 15) is 9.59 Å². The average Bonchev–Trinajstić information content (AvgIpc) is 2.46. The Morgan fingerprint density at radius 2 is 1.75 bits per heavy atom. The third-order valence-corrected chi connectivity index (χ3v) is 2.55. The van der Waals surface area contributed by atoms with E-state index in [2.05, 4.69) is 10.6 Å². The Kier molecular flexibility index (Phi) is 7.31. The molecule has 1 rings (SSSR count). The molecule has 0 saturated carbocycles. The lowest BCUT2D eigenvalue weighted by molar-refractivity contribution is -0.139. The lowest BCUT2D eigenvalue weighted by Crippen LogP contribution is -2.40. The average molecular weight is 280 g/mol. The molecule has 0 atom stereocenters. The van der Waals surface area contributed by atoms with E-state index in [1.165, 1.54) is 0 Å². The van der Waals surface area contributed by atoms with E-state index in [1.807, 2.05) is 31.2 Å². The number of ether oxygens (including phenoxy) is 1. The summed E-state index contributed by atoms with van der Waals surface area (Å²) in [6.07, 6.45) is 0. The molecule has 0 fully saturated rings. The smallest absolute Gasteiger partial charge is 0.309 e. The van der Waals surface area contributed by atoms with Gasteiger partial charge in [-0.05, 0) is 12.5 Å². The Labute approximate surface area is 118 Å². The van der Waals surface area contributed by atoms with Crippen LogP contribution in [-0.2, 0) is 20.9 Å². The second-order valence-corrected chi connectivity index (χ2v) is 4.26. The number of rotatable bonds is 7. The van der Waals surface area contributed by atoms with Gasteiger partial charge in [0.15, 0.2) is 0 Å². The Bertz CT molecular complexity index is 431. The molecule has 20 heavy (non-hydrogen) atoms. The molecule has 6 heteroatoms. The monoisotopic (exact) mass is 280 g/mol. The van der Waals surface area contributed by atoms with Gasteiger partial charge in [-0.1, -0.05) is 29.8 Å². The number of benzene rings is 1. The van der Waals surface area contributed by atoms with E-state index < -0.39 is 11.8 Å². The van der Waals surface area contributed by atoms with Crippen molar-refractivity contribution in [1.29, 1.82) is 0 Å². The van der Waals surface area contributed by atoms with Crippen LogP contribution in [0, 0.1) is 6.92 Å². The van der Waals surface area contributed by atoms with Crippen molar-refractivity contribution in [2.75, 3.05) is 26.4 Å². The van der Waals surface area contributed by atoms with E-state index >= 15 is 0 Å². The zero-order chi connectivity index (χ0) is 14.8. The first-order chi connectivity index (χ1) is 9.63. The normalized spacial score (nSPS) is 10.1. The van der Waals surface area contributed by atoms with Crippen molar-refractivity contribution in [3.8, 4) is 0 Å². The number of aliphatic hydroxyl groups is 1. The van der Waals surface area contributed by atoms with Crippen LogP contribution >= 0.6 is 0 Å². The second-order valence-electron chi connectivity index (χ2n) is 4.26. The molecule has 0 radical (unpaired) electrons. The highest BCUT2D eigenvalue weighted by Crippen LogP contribution is 2.02. The second kappa shape index (κ2) is 9.06. The van der Waals surface area contributed by atoms with Crippen LogP contribution in [0.4, 0.5) is 0 Å². The van der Waals surface area contributed by atoms with Gasteiger partial charge in [0.25, 0.3) is 0 Å². The van der Waals surface area contributed by atoms with Crippen molar-refractivity contribution in [3.63, 3.8) is 0 Å². The van der Waals surface area contributed by atoms with Gasteiger partial charge < -0.3 is 20.5 Å². The molecule has 110 valence electrons. The van der Waals surface area contributed by atoms with Gasteiger partial charge in [0.1, 0.15) is 0 Å². The molecule has 0 aliphatic carbocycles. The number of aryl methyl sites for hydroxylation is 1. The Balaban J connectivity index is 2.21. The molecule has 0 aliphatic heterocycles. The first-order valence-electron chi connectivity index (χ1n) is 6.43. The minimum absolute atomic E-state index is 0.0645. The number of hydrogen-bond acceptors (Lipinski definition) is 4. The summed E-state index contributed by atoms with van der Waals surface area (Å²) in [4.78, 5) is 22.9. The number of hydrogen-bond donors (Lipinski definition) is 3. The summed E-state index contributed by atoms with van der Waals surface area (Å²) in [7, 11) is 0. The number of nitrogens with one attached hydrogen (secondary N) is 2. The van der Waals surface area contributed by atoms with Crippen LogP contribution in [-0.4, -0.2) is 43.3 Å². The lowest BCUT2D eigenvalue weighted by Gasteiger charge is -2.07. The first-order valence-corrected chi connectivity index (χ1v) is 6.43. The topological polar surface area (TPSA) is 87.7 Å². The van der Waals surface area contributed by atoms with Gasteiger partial charge >= 0.3 is 11.8 Å². The highest BCUT2D eigenvalue weighted by Gasteiger charge is 2.11. The summed E-state index contributed by atoms with van der Waals surface area (Å²) >= 11 is 0. The number of aliphatic hydroxyl groups excluding tert-OH is 1. The molecule has 0 aromatic heterocycles. The third kappa shape index (κ3) is 6.31. The standard InChI is InChI=1S/C14H20N2O4/c1-11-2-4-12(5-3-11)10-16-14(19)13(18)15-6-8-20-9-7-17/h2-5,17H,6-10H2,1H3,(H,15,18)(H,16,19). The maximum Gasteiger partial charge on any atom is 0.309 e. The fraction of sp³-hybridized carbons (Fsp3) is 0.429. The number of carbonyl (C=O) groups excluding carboxylic acids is 2. The molecule has 0 saturated heterocycles. The predicted octanol–water partition coefficient (Wildman–Crippen LogP) is -0.264. The van der Waals surface area contributed by atoms with Crippen LogP contribution in [0.2, 0.25) is 0 Å². The zero-order valence-electron chi connectivity index (χ0n) is 11.5. The van der Waals surface area contributed by atoms with Crippen molar-refractivity contribution < 1.29 is 19.4 Å². The molecule has 0 bridgehead atoms. The predicted molar refractivity (Wildman–Crippen MR) is 73.9 cm³/mol. The molecule has 6 nitrogen and oxygen atoms in total. The SMILES string of the molecule is Cc1ccc(CNC(=O)C(=O)NCCOCCO)cc1. The first kappa shape index (κ1) is 16.1. The van der Waals surface area contributed by atoms with E-state index in [0.717, 1.165) is 11.1 Å². The van der Waals surface area contributed by atoms with Crippen LogP contribution < -0.4 is 10.6 Å². The molecule has 2 amide bonds. The van der Waals surface area contributed by atoms with E-state index in [-0.39, 0.29) is 26.4 Å². The summed E-state index contributed by atoms with van der Waals surface area (Å²) in [5.74, 6) is -1.36. The van der Waals surface area contributed by atoms with E-state index in [4.69, 9.17) is 9.84 Å². The van der Waals surface area contributed by atoms with Crippen molar-refractivity contribution in [1.82, 2.24) is 10.6 Å². The maximum atomic E-state index is 11.5. The third-order valence-electron chi connectivity index (χ3n) is 2.55. The van der Waals surface area contributed by atoms with Gasteiger partial charge in [-0.25, -0.2) is 0 Å². The highest BCUT2D eigenvalue weighted by molar-refractivity contribution is 6.35. The van der Waals surface area contributed by atoms with Crippen molar-refractivity contribution in [3.05, 3.63) is 35.4 Å². The van der Waals surface area contributed by atoms with Gasteiger partial charge in [-0.15, -0.1) is 0 Å². The van der Waals surface area contributed by atoms with Gasteiger partial charge in [0, 0.05) is 13.1 Å². The van der Waals surface area contributed by atoms with E-state index in [0.29, 0.717) is 6.54 Å². The van der Waals surface area contributed by atoms with Crippen LogP contribution in [0.1, 0.15) is 11.1 Å². The molecule has 0 heterocycles. The minimum Gasteiger partial charge on any atom is -0.394 e. The highest BCUT2D eigenvalue weighted by atomic mass is 16.5. The van der Waals surface area contributed by atoms with Crippen LogP contribution in [0.15, 0.2) is 24.3 Å². The fourth-order valence-corrected chi connectivity index (χ4v) is 1.45. The van der Waals surface area contributed by atoms with E-state index in [1.54, 1.807) is 0 Å². The van der Waals surface area contributed by atoms with Crippen LogP contribution in [0.25, 0.3) is 0 Å². The van der Waals surface area contributed by atoms with Crippen molar-refractivity contribution in [2.24, 2.45) is 0 Å². The fourth-order valence-electron chi connectivity index (χ4n) is 1.45. The quantitative estimate of drug-likeness (QED) is 0.474. The Hall–Kier alpha value is -1.92. The van der Waals surface area contributed by atoms with Gasteiger partial charge in [0.05, 0.1) is 19.8 Å². The minimum atomic E-state index is -0.690. The van der Waals surface area contributed by atoms with Crippen LogP contribution in [0.5, 0.6) is 0 Å². The van der Waals surface area contributed by atoms with Crippen molar-refractivity contribution in [2.45, 2.75) is 13.5 Å². The Morgan fingerprint density at radius 1 is 1.10 bits per heavy atom. The van der Waals surface area contributed by atoms with Gasteiger partial charge in [-0.2, -0.15) is 0 Å².